The Kier molecular flexibility index (Phi) is 5.28. The number of carbonyl (C=O) groups is 1. The van der Waals surface area contributed by atoms with Gasteiger partial charge in [-0.15, -0.1) is 0 Å². The predicted octanol–water partition coefficient (Wildman–Crippen LogP) is 6.76. The van der Waals surface area contributed by atoms with Gasteiger partial charge in [-0.05, 0) is 49.1 Å². The van der Waals surface area contributed by atoms with E-state index in [4.69, 9.17) is 4.74 Å². The van der Waals surface area contributed by atoms with Crippen LogP contribution in [0, 0.1) is 0 Å². The zero-order chi connectivity index (χ0) is 22.1. The number of ether oxygens (including phenoxy) is 1. The van der Waals surface area contributed by atoms with Gasteiger partial charge in [0.05, 0.1) is 0 Å². The summed E-state index contributed by atoms with van der Waals surface area (Å²) >= 11 is 0. The van der Waals surface area contributed by atoms with Crippen LogP contribution in [0.4, 0.5) is 5.69 Å². The van der Waals surface area contributed by atoms with E-state index in [1.807, 2.05) is 55.5 Å². The first-order valence-corrected chi connectivity index (χ1v) is 11.2. The molecule has 0 aliphatic carbocycles. The van der Waals surface area contributed by atoms with Gasteiger partial charge in [0.25, 0.3) is 5.91 Å². The Labute approximate surface area is 187 Å². The highest BCUT2D eigenvalue weighted by atomic mass is 16.5. The van der Waals surface area contributed by atoms with E-state index in [9.17, 15) is 4.79 Å². The average molecular weight is 423 g/mol. The Balaban J connectivity index is 1.43. The molecule has 0 saturated heterocycles. The van der Waals surface area contributed by atoms with Gasteiger partial charge < -0.3 is 14.6 Å². The van der Waals surface area contributed by atoms with E-state index in [1.165, 1.54) is 16.4 Å². The summed E-state index contributed by atoms with van der Waals surface area (Å²) in [6, 6.07) is 28.5. The van der Waals surface area contributed by atoms with E-state index in [2.05, 4.69) is 53.2 Å². The fraction of sp³-hybridized carbons (Fsp3) is 0.179. The lowest BCUT2D eigenvalue weighted by Gasteiger charge is -2.18. The monoisotopic (exact) mass is 422 g/mol. The molecule has 0 radical (unpaired) electrons. The molecular weight excluding hydrogens is 396 g/mol. The molecule has 5 rings (SSSR count). The number of nitrogens with zero attached hydrogens (tertiary/aromatic N) is 1. The van der Waals surface area contributed by atoms with E-state index in [0.717, 1.165) is 34.1 Å². The quantitative estimate of drug-likeness (QED) is 0.328. The molecule has 1 N–H and O–H groups in total. The van der Waals surface area contributed by atoms with Gasteiger partial charge in [0, 0.05) is 39.4 Å². The van der Waals surface area contributed by atoms with Gasteiger partial charge in [-0.3, -0.25) is 4.79 Å². The minimum atomic E-state index is -0.575. The summed E-state index contributed by atoms with van der Waals surface area (Å²) in [5, 5.41) is 7.51. The Morgan fingerprint density at radius 3 is 2.38 bits per heavy atom. The smallest absolute Gasteiger partial charge is 0.265 e. The minimum Gasteiger partial charge on any atom is -0.480 e. The molecule has 0 aliphatic rings. The topological polar surface area (TPSA) is 43.3 Å². The van der Waals surface area contributed by atoms with E-state index in [1.54, 1.807) is 0 Å². The van der Waals surface area contributed by atoms with Crippen LogP contribution in [0.2, 0.25) is 0 Å². The third kappa shape index (κ3) is 3.48. The maximum Gasteiger partial charge on any atom is 0.265 e. The highest BCUT2D eigenvalue weighted by molar-refractivity contribution is 6.10. The third-order valence-corrected chi connectivity index (χ3v) is 6.04. The van der Waals surface area contributed by atoms with Gasteiger partial charge in [-0.2, -0.15) is 0 Å². The Morgan fingerprint density at radius 2 is 1.56 bits per heavy atom. The van der Waals surface area contributed by atoms with Gasteiger partial charge in [-0.25, -0.2) is 0 Å². The summed E-state index contributed by atoms with van der Waals surface area (Å²) in [4.78, 5) is 13.1. The van der Waals surface area contributed by atoms with Crippen LogP contribution in [0.25, 0.3) is 32.6 Å². The van der Waals surface area contributed by atoms with E-state index >= 15 is 0 Å². The maximum atomic E-state index is 13.1. The molecule has 5 aromatic rings. The molecule has 1 atom stereocenters. The van der Waals surface area contributed by atoms with Crippen LogP contribution in [0.3, 0.4) is 0 Å². The van der Waals surface area contributed by atoms with Crippen molar-refractivity contribution >= 4 is 44.2 Å². The number of para-hydroxylation sites is 1. The van der Waals surface area contributed by atoms with Gasteiger partial charge in [0.15, 0.2) is 6.10 Å². The molecule has 0 unspecified atom stereocenters. The number of carbonyl (C=O) groups excluding carboxylic acids is 1. The van der Waals surface area contributed by atoms with Crippen molar-refractivity contribution in [3.8, 4) is 5.75 Å². The van der Waals surface area contributed by atoms with Gasteiger partial charge >= 0.3 is 0 Å². The minimum absolute atomic E-state index is 0.140. The van der Waals surface area contributed by atoms with Crippen molar-refractivity contribution in [2.24, 2.45) is 0 Å². The Bertz CT molecular complexity index is 1430. The normalized spacial score (nSPS) is 12.3. The molecule has 160 valence electrons. The molecule has 1 amide bonds. The summed E-state index contributed by atoms with van der Waals surface area (Å²) in [6.45, 7) is 5.01. The highest BCUT2D eigenvalue weighted by Crippen LogP contribution is 2.31. The number of hydrogen-bond donors (Lipinski definition) is 1. The SMILES string of the molecule is CC[C@H](Oc1cccc2ccccc12)C(=O)Nc1ccc2c(c1)c1ccccc1n2CC. The third-order valence-electron chi connectivity index (χ3n) is 6.04. The standard InChI is InChI=1S/C28H26N2O2/c1-3-26(32-27-15-9-11-19-10-5-6-12-21(19)27)28(31)29-20-16-17-25-23(18-20)22-13-7-8-14-24(22)30(25)4-2/h5-18,26H,3-4H2,1-2H3,(H,29,31)/t26-/m0/s1. The van der Waals surface area contributed by atoms with Crippen molar-refractivity contribution in [1.82, 2.24) is 4.57 Å². The number of aromatic nitrogens is 1. The summed E-state index contributed by atoms with van der Waals surface area (Å²) in [5.41, 5.74) is 3.16. The second kappa shape index (κ2) is 8.39. The molecule has 0 aliphatic heterocycles. The van der Waals surface area contributed by atoms with Crippen molar-refractivity contribution in [3.05, 3.63) is 84.9 Å². The van der Waals surface area contributed by atoms with Crippen LogP contribution in [0.5, 0.6) is 5.75 Å². The van der Waals surface area contributed by atoms with Crippen LogP contribution in [0.15, 0.2) is 84.9 Å². The first-order chi connectivity index (χ1) is 15.7. The van der Waals surface area contributed by atoms with Crippen LogP contribution in [-0.2, 0) is 11.3 Å². The van der Waals surface area contributed by atoms with Crippen LogP contribution < -0.4 is 10.1 Å². The number of rotatable bonds is 6. The molecule has 4 aromatic carbocycles. The predicted molar refractivity (Wildman–Crippen MR) is 132 cm³/mol. The molecule has 4 nitrogen and oxygen atoms in total. The molecule has 4 heteroatoms. The number of nitrogens with one attached hydrogen (secondary N) is 1. The van der Waals surface area contributed by atoms with E-state index < -0.39 is 6.10 Å². The average Bonchev–Trinajstić information content (AvgIpc) is 3.15. The first-order valence-electron chi connectivity index (χ1n) is 11.2. The number of benzene rings is 4. The largest absolute Gasteiger partial charge is 0.480 e. The van der Waals surface area contributed by atoms with Crippen molar-refractivity contribution in [1.29, 1.82) is 0 Å². The van der Waals surface area contributed by atoms with Crippen molar-refractivity contribution < 1.29 is 9.53 Å². The van der Waals surface area contributed by atoms with E-state index in [-0.39, 0.29) is 5.91 Å². The fourth-order valence-corrected chi connectivity index (χ4v) is 4.47. The van der Waals surface area contributed by atoms with Crippen molar-refractivity contribution in [3.63, 3.8) is 0 Å². The maximum absolute atomic E-state index is 13.1. The summed E-state index contributed by atoms with van der Waals surface area (Å²) in [5.74, 6) is 0.589. The van der Waals surface area contributed by atoms with E-state index in [0.29, 0.717) is 6.42 Å². The second-order valence-corrected chi connectivity index (χ2v) is 7.97. The van der Waals surface area contributed by atoms with Crippen molar-refractivity contribution in [2.45, 2.75) is 32.9 Å². The molecule has 1 heterocycles. The van der Waals surface area contributed by atoms with Crippen molar-refractivity contribution in [2.75, 3.05) is 5.32 Å². The Morgan fingerprint density at radius 1 is 0.844 bits per heavy atom. The zero-order valence-corrected chi connectivity index (χ0v) is 18.3. The zero-order valence-electron chi connectivity index (χ0n) is 18.3. The molecule has 0 fully saturated rings. The summed E-state index contributed by atoms with van der Waals surface area (Å²) < 4.78 is 8.47. The fourth-order valence-electron chi connectivity index (χ4n) is 4.47. The molecule has 1 aromatic heterocycles. The van der Waals surface area contributed by atoms with Crippen LogP contribution in [0.1, 0.15) is 20.3 Å². The molecule has 32 heavy (non-hydrogen) atoms. The number of anilines is 1. The molecule has 0 bridgehead atoms. The van der Waals surface area contributed by atoms with Crippen LogP contribution >= 0.6 is 0 Å². The van der Waals surface area contributed by atoms with Gasteiger partial charge in [0.1, 0.15) is 5.75 Å². The molecule has 0 saturated carbocycles. The summed E-state index contributed by atoms with van der Waals surface area (Å²) in [7, 11) is 0. The van der Waals surface area contributed by atoms with Gasteiger partial charge in [0.2, 0.25) is 0 Å². The molecule has 0 spiro atoms. The number of amides is 1. The summed E-state index contributed by atoms with van der Waals surface area (Å²) in [6.07, 6.45) is 0.000360. The lowest BCUT2D eigenvalue weighted by molar-refractivity contribution is -0.122. The highest BCUT2D eigenvalue weighted by Gasteiger charge is 2.20. The first kappa shape index (κ1) is 20.1. The molecular formula is C28H26N2O2. The lowest BCUT2D eigenvalue weighted by atomic mass is 10.1. The van der Waals surface area contributed by atoms with Crippen LogP contribution in [-0.4, -0.2) is 16.6 Å². The van der Waals surface area contributed by atoms with Gasteiger partial charge in [-0.1, -0.05) is 61.5 Å². The number of aryl methyl sites for hydroxylation is 1. The second-order valence-electron chi connectivity index (χ2n) is 7.97. The number of fused-ring (bicyclic) bond motifs is 4. The lowest BCUT2D eigenvalue weighted by Crippen LogP contribution is -2.32. The Hall–Kier alpha value is -3.79. The number of hydrogen-bond acceptors (Lipinski definition) is 2.